The number of aryl methyl sites for hydroxylation is 1. The number of halogens is 1. The number of nitrogens with one attached hydrogen (secondary N) is 1. The van der Waals surface area contributed by atoms with Crippen molar-refractivity contribution in [1.29, 1.82) is 0 Å². The molecule has 1 aliphatic rings. The van der Waals surface area contributed by atoms with Crippen LogP contribution in [0.4, 0.5) is 5.82 Å². The molecule has 1 atom stereocenters. The number of hydrogen-bond donors (Lipinski definition) is 1. The van der Waals surface area contributed by atoms with E-state index < -0.39 is 0 Å². The molecule has 4 rings (SSSR count). The lowest BCUT2D eigenvalue weighted by Gasteiger charge is -2.33. The molecule has 1 aromatic carbocycles. The second-order valence-electron chi connectivity index (χ2n) is 6.55. The molecule has 1 fully saturated rings. The molecule has 5 nitrogen and oxygen atoms in total. The zero-order valence-electron chi connectivity index (χ0n) is 14.0. The van der Waals surface area contributed by atoms with Crippen LogP contribution in [-0.4, -0.2) is 33.8 Å². The van der Waals surface area contributed by atoms with Crippen molar-refractivity contribution in [3.8, 4) is 0 Å². The van der Waals surface area contributed by atoms with Crippen molar-refractivity contribution in [2.45, 2.75) is 19.8 Å². The largest absolute Gasteiger partial charge is 0.355 e. The van der Waals surface area contributed by atoms with Gasteiger partial charge in [0.25, 0.3) is 0 Å². The van der Waals surface area contributed by atoms with Gasteiger partial charge in [0.2, 0.25) is 0 Å². The van der Waals surface area contributed by atoms with Gasteiger partial charge >= 0.3 is 0 Å². The van der Waals surface area contributed by atoms with Crippen molar-refractivity contribution < 1.29 is 4.79 Å². The highest BCUT2D eigenvalue weighted by Gasteiger charge is 2.29. The summed E-state index contributed by atoms with van der Waals surface area (Å²) in [6.07, 6.45) is 5.31. The van der Waals surface area contributed by atoms with Gasteiger partial charge in [-0.1, -0.05) is 11.6 Å². The molecule has 0 amide bonds. The molecule has 0 spiro atoms. The minimum atomic E-state index is -0.0300. The minimum absolute atomic E-state index is 0.0300. The Hall–Kier alpha value is -2.40. The number of hydrogen-bond acceptors (Lipinski definition) is 4. The van der Waals surface area contributed by atoms with Gasteiger partial charge in [-0.15, -0.1) is 0 Å². The van der Waals surface area contributed by atoms with Crippen LogP contribution in [0.2, 0.25) is 5.02 Å². The Bertz CT molecular complexity index is 936. The Morgan fingerprint density at radius 3 is 3.04 bits per heavy atom. The third kappa shape index (κ3) is 3.00. The van der Waals surface area contributed by atoms with E-state index >= 15 is 0 Å². The number of aromatic nitrogens is 3. The maximum absolute atomic E-state index is 13.0. The fraction of sp³-hybridized carbons (Fsp3) is 0.316. The third-order valence-corrected chi connectivity index (χ3v) is 5.11. The lowest BCUT2D eigenvalue weighted by molar-refractivity contribution is 0.0906. The summed E-state index contributed by atoms with van der Waals surface area (Å²) in [5, 5.41) is 1.66. The summed E-state index contributed by atoms with van der Waals surface area (Å²) >= 11 is 6.02. The van der Waals surface area contributed by atoms with Crippen molar-refractivity contribution in [1.82, 2.24) is 15.0 Å². The highest BCUT2D eigenvalue weighted by atomic mass is 35.5. The monoisotopic (exact) mass is 354 g/mol. The summed E-state index contributed by atoms with van der Waals surface area (Å²) in [6, 6.07) is 7.47. The molecule has 0 saturated carbocycles. The first-order chi connectivity index (χ1) is 12.1. The van der Waals surface area contributed by atoms with Crippen LogP contribution in [0.15, 0.2) is 36.8 Å². The Kier molecular flexibility index (Phi) is 4.17. The van der Waals surface area contributed by atoms with Gasteiger partial charge in [0, 0.05) is 35.8 Å². The maximum Gasteiger partial charge on any atom is 0.167 e. The average Bonchev–Trinajstić information content (AvgIpc) is 3.10. The average molecular weight is 355 g/mol. The van der Waals surface area contributed by atoms with Gasteiger partial charge in [0.15, 0.2) is 5.78 Å². The van der Waals surface area contributed by atoms with Crippen molar-refractivity contribution in [2.24, 2.45) is 5.92 Å². The summed E-state index contributed by atoms with van der Waals surface area (Å²) in [5.41, 5.74) is 2.53. The van der Waals surface area contributed by atoms with Crippen LogP contribution in [0, 0.1) is 12.8 Å². The molecular formula is C19H19ClN4O. The summed E-state index contributed by atoms with van der Waals surface area (Å²) in [4.78, 5) is 27.0. The van der Waals surface area contributed by atoms with Crippen molar-refractivity contribution >= 4 is 34.2 Å². The number of ketones is 1. The lowest BCUT2D eigenvalue weighted by Crippen LogP contribution is -2.39. The molecular weight excluding hydrogens is 336 g/mol. The standard InChI is InChI=1S/C19H19ClN4O/c1-12-9-14(20)4-5-15(12)17(25)13-3-2-8-24(10-13)19-16-6-7-21-18(16)22-11-23-19/h4-7,9,11,13H,2-3,8,10H2,1H3,(H,21,22,23)/t13-/m0/s1. The topological polar surface area (TPSA) is 61.9 Å². The zero-order valence-corrected chi connectivity index (χ0v) is 14.8. The lowest BCUT2D eigenvalue weighted by atomic mass is 9.88. The molecule has 0 unspecified atom stereocenters. The number of Topliss-reactive ketones (excluding diaryl/α,β-unsaturated/α-hetero) is 1. The zero-order chi connectivity index (χ0) is 17.4. The molecule has 3 heterocycles. The van der Waals surface area contributed by atoms with E-state index in [9.17, 15) is 4.79 Å². The summed E-state index contributed by atoms with van der Waals surface area (Å²) in [7, 11) is 0. The molecule has 6 heteroatoms. The number of benzene rings is 1. The number of piperidine rings is 1. The quantitative estimate of drug-likeness (QED) is 0.721. The number of anilines is 1. The maximum atomic E-state index is 13.0. The predicted molar refractivity (Wildman–Crippen MR) is 99.3 cm³/mol. The Balaban J connectivity index is 1.60. The molecule has 1 saturated heterocycles. The van der Waals surface area contributed by atoms with E-state index in [0.29, 0.717) is 11.6 Å². The van der Waals surface area contributed by atoms with Gasteiger partial charge < -0.3 is 9.88 Å². The third-order valence-electron chi connectivity index (χ3n) is 4.88. The van der Waals surface area contributed by atoms with E-state index in [2.05, 4.69) is 19.9 Å². The number of aromatic amines is 1. The van der Waals surface area contributed by atoms with Crippen LogP contribution in [0.5, 0.6) is 0 Å². The molecule has 2 aromatic heterocycles. The fourth-order valence-corrected chi connectivity index (χ4v) is 3.84. The SMILES string of the molecule is Cc1cc(Cl)ccc1C(=O)[C@H]1CCCN(c2ncnc3[nH]ccc23)C1. The van der Waals surface area contributed by atoms with E-state index in [4.69, 9.17) is 11.6 Å². The second-order valence-corrected chi connectivity index (χ2v) is 6.98. The van der Waals surface area contributed by atoms with Gasteiger partial charge in [-0.05, 0) is 49.6 Å². The predicted octanol–water partition coefficient (Wildman–Crippen LogP) is 4.02. The summed E-state index contributed by atoms with van der Waals surface area (Å²) < 4.78 is 0. The molecule has 1 aliphatic heterocycles. The normalized spacial score (nSPS) is 17.8. The van der Waals surface area contributed by atoms with Crippen molar-refractivity contribution in [3.05, 3.63) is 52.9 Å². The van der Waals surface area contributed by atoms with E-state index in [1.165, 1.54) is 0 Å². The fourth-order valence-electron chi connectivity index (χ4n) is 3.62. The van der Waals surface area contributed by atoms with Crippen LogP contribution in [0.1, 0.15) is 28.8 Å². The van der Waals surface area contributed by atoms with E-state index in [0.717, 1.165) is 47.4 Å². The van der Waals surface area contributed by atoms with Crippen LogP contribution in [0.25, 0.3) is 11.0 Å². The van der Waals surface area contributed by atoms with Gasteiger partial charge in [0.1, 0.15) is 17.8 Å². The number of H-pyrrole nitrogens is 1. The molecule has 3 aromatic rings. The van der Waals surface area contributed by atoms with Crippen molar-refractivity contribution in [3.63, 3.8) is 0 Å². The molecule has 0 radical (unpaired) electrons. The number of carbonyl (C=O) groups is 1. The first kappa shape index (κ1) is 16.1. The second kappa shape index (κ2) is 6.48. The van der Waals surface area contributed by atoms with Crippen LogP contribution >= 0.6 is 11.6 Å². The van der Waals surface area contributed by atoms with Gasteiger partial charge in [-0.2, -0.15) is 0 Å². The molecule has 1 N–H and O–H groups in total. The Labute approximate surface area is 151 Å². The highest BCUT2D eigenvalue weighted by molar-refractivity contribution is 6.30. The first-order valence-electron chi connectivity index (χ1n) is 8.47. The highest BCUT2D eigenvalue weighted by Crippen LogP contribution is 2.29. The minimum Gasteiger partial charge on any atom is -0.355 e. The van der Waals surface area contributed by atoms with Crippen LogP contribution in [0.3, 0.4) is 0 Å². The summed E-state index contributed by atoms with van der Waals surface area (Å²) in [6.45, 7) is 3.52. The first-order valence-corrected chi connectivity index (χ1v) is 8.84. The van der Waals surface area contributed by atoms with Crippen molar-refractivity contribution in [2.75, 3.05) is 18.0 Å². The Morgan fingerprint density at radius 2 is 2.20 bits per heavy atom. The number of carbonyl (C=O) groups excluding carboxylic acids is 1. The molecule has 0 bridgehead atoms. The smallest absolute Gasteiger partial charge is 0.167 e. The number of fused-ring (bicyclic) bond motifs is 1. The van der Waals surface area contributed by atoms with Gasteiger partial charge in [-0.3, -0.25) is 4.79 Å². The van der Waals surface area contributed by atoms with E-state index in [-0.39, 0.29) is 11.7 Å². The van der Waals surface area contributed by atoms with Gasteiger partial charge in [-0.25, -0.2) is 9.97 Å². The van der Waals surface area contributed by atoms with Crippen LogP contribution in [-0.2, 0) is 0 Å². The van der Waals surface area contributed by atoms with E-state index in [1.807, 2.05) is 31.3 Å². The van der Waals surface area contributed by atoms with Gasteiger partial charge in [0.05, 0.1) is 5.39 Å². The molecule has 25 heavy (non-hydrogen) atoms. The number of nitrogens with zero attached hydrogens (tertiary/aromatic N) is 3. The van der Waals surface area contributed by atoms with E-state index in [1.54, 1.807) is 12.4 Å². The van der Waals surface area contributed by atoms with Crippen LogP contribution < -0.4 is 4.90 Å². The summed E-state index contributed by atoms with van der Waals surface area (Å²) in [5.74, 6) is 1.06. The molecule has 0 aliphatic carbocycles. The molecule has 128 valence electrons. The number of rotatable bonds is 3. The Morgan fingerprint density at radius 1 is 1.32 bits per heavy atom.